The van der Waals surface area contributed by atoms with Gasteiger partial charge in [0.1, 0.15) is 0 Å². The molecule has 1 aromatic carbocycles. The lowest BCUT2D eigenvalue weighted by atomic mass is 9.94. The lowest BCUT2D eigenvalue weighted by molar-refractivity contribution is -0.146. The van der Waals surface area contributed by atoms with Crippen LogP contribution in [0.1, 0.15) is 30.4 Å². The Hall–Kier alpha value is -1.39. The first-order chi connectivity index (χ1) is 10.3. The molecule has 3 atom stereocenters. The van der Waals surface area contributed by atoms with Crippen molar-refractivity contribution in [2.24, 2.45) is 0 Å². The van der Waals surface area contributed by atoms with Crippen molar-refractivity contribution in [3.05, 3.63) is 35.4 Å². The van der Waals surface area contributed by atoms with Gasteiger partial charge in [-0.1, -0.05) is 24.3 Å². The smallest absolute Gasteiger partial charge is 0.240 e. The van der Waals surface area contributed by atoms with E-state index in [1.165, 1.54) is 17.5 Å². The van der Waals surface area contributed by atoms with E-state index in [2.05, 4.69) is 34.5 Å². The molecule has 2 unspecified atom stereocenters. The predicted octanol–water partition coefficient (Wildman–Crippen LogP) is 1.48. The Morgan fingerprint density at radius 1 is 1.24 bits per heavy atom. The number of hydrogen-bond acceptors (Lipinski definition) is 3. The summed E-state index contributed by atoms with van der Waals surface area (Å²) < 4.78 is 5.81. The highest BCUT2D eigenvalue weighted by atomic mass is 16.5. The molecular weight excluding hydrogens is 264 g/mol. The third-order valence-corrected chi connectivity index (χ3v) is 5.14. The van der Waals surface area contributed by atoms with Gasteiger partial charge in [-0.25, -0.2) is 0 Å². The molecule has 21 heavy (non-hydrogen) atoms. The second-order valence-corrected chi connectivity index (χ2v) is 6.35. The number of rotatable bonds is 1. The lowest BCUT2D eigenvalue weighted by Gasteiger charge is -2.40. The van der Waals surface area contributed by atoms with E-state index in [1.54, 1.807) is 0 Å². The molecule has 2 fully saturated rings. The van der Waals surface area contributed by atoms with Gasteiger partial charge >= 0.3 is 0 Å². The molecule has 2 aliphatic heterocycles. The molecule has 1 aromatic rings. The van der Waals surface area contributed by atoms with Crippen molar-refractivity contribution in [2.45, 2.75) is 50.4 Å². The molecule has 4 nitrogen and oxygen atoms in total. The summed E-state index contributed by atoms with van der Waals surface area (Å²) in [4.78, 5) is 15.0. The Morgan fingerprint density at radius 2 is 2.10 bits per heavy atom. The fourth-order valence-electron chi connectivity index (χ4n) is 4.03. The molecule has 1 saturated carbocycles. The summed E-state index contributed by atoms with van der Waals surface area (Å²) in [7, 11) is 0. The molecule has 2 heterocycles. The first kappa shape index (κ1) is 13.3. The summed E-state index contributed by atoms with van der Waals surface area (Å²) in [5, 5.41) is 3.42. The van der Waals surface area contributed by atoms with E-state index in [-0.39, 0.29) is 18.1 Å². The van der Waals surface area contributed by atoms with Gasteiger partial charge in [0.2, 0.25) is 5.91 Å². The molecular formula is C17H22N2O2. The zero-order chi connectivity index (χ0) is 14.2. The van der Waals surface area contributed by atoms with Crippen LogP contribution in [0.25, 0.3) is 0 Å². The largest absolute Gasteiger partial charge is 0.374 e. The molecule has 1 amide bonds. The summed E-state index contributed by atoms with van der Waals surface area (Å²) in [6, 6.07) is 8.66. The molecule has 1 saturated heterocycles. The maximum Gasteiger partial charge on any atom is 0.240 e. The van der Waals surface area contributed by atoms with E-state index in [9.17, 15) is 4.79 Å². The maximum absolute atomic E-state index is 12.9. The number of benzene rings is 1. The average molecular weight is 286 g/mol. The van der Waals surface area contributed by atoms with Gasteiger partial charge in [-0.05, 0) is 36.8 Å². The van der Waals surface area contributed by atoms with Crippen LogP contribution in [0.15, 0.2) is 24.3 Å². The van der Waals surface area contributed by atoms with Crippen LogP contribution in [0.2, 0.25) is 0 Å². The zero-order valence-electron chi connectivity index (χ0n) is 12.3. The average Bonchev–Trinajstić information content (AvgIpc) is 3.02. The van der Waals surface area contributed by atoms with E-state index in [0.717, 1.165) is 32.4 Å². The van der Waals surface area contributed by atoms with Crippen LogP contribution in [0.5, 0.6) is 0 Å². The van der Waals surface area contributed by atoms with Crippen molar-refractivity contribution < 1.29 is 9.53 Å². The van der Waals surface area contributed by atoms with Crippen LogP contribution in [0.4, 0.5) is 0 Å². The first-order valence-electron chi connectivity index (χ1n) is 8.05. The number of amides is 1. The quantitative estimate of drug-likeness (QED) is 0.850. The summed E-state index contributed by atoms with van der Waals surface area (Å²) in [6.07, 6.45) is 4.47. The Kier molecular flexibility index (Phi) is 3.43. The van der Waals surface area contributed by atoms with Crippen molar-refractivity contribution >= 4 is 5.91 Å². The van der Waals surface area contributed by atoms with E-state index >= 15 is 0 Å². The normalized spacial score (nSPS) is 31.6. The zero-order valence-corrected chi connectivity index (χ0v) is 12.3. The van der Waals surface area contributed by atoms with E-state index in [4.69, 9.17) is 4.74 Å². The Balaban J connectivity index is 1.50. The third-order valence-electron chi connectivity index (χ3n) is 5.14. The van der Waals surface area contributed by atoms with Crippen LogP contribution in [0.3, 0.4) is 0 Å². The number of carbonyl (C=O) groups is 1. The van der Waals surface area contributed by atoms with E-state index < -0.39 is 0 Å². The highest BCUT2D eigenvalue weighted by Crippen LogP contribution is 2.30. The van der Waals surface area contributed by atoms with Gasteiger partial charge in [-0.3, -0.25) is 4.79 Å². The van der Waals surface area contributed by atoms with Crippen molar-refractivity contribution in [1.82, 2.24) is 10.2 Å². The molecule has 3 aliphatic rings. The fraction of sp³-hybridized carbons (Fsp3) is 0.588. The van der Waals surface area contributed by atoms with Crippen LogP contribution in [0, 0.1) is 0 Å². The lowest BCUT2D eigenvalue weighted by Crippen LogP contribution is -2.57. The highest BCUT2D eigenvalue weighted by Gasteiger charge is 2.40. The fourth-order valence-corrected chi connectivity index (χ4v) is 4.03. The van der Waals surface area contributed by atoms with Gasteiger partial charge in [0.15, 0.2) is 0 Å². The number of nitrogens with zero attached hydrogens (tertiary/aromatic N) is 1. The molecule has 4 heteroatoms. The molecule has 0 bridgehead atoms. The SMILES string of the molecule is O=C([C@H]1Cc2ccccc2CN1)N1CCOC2CCCC21. The molecule has 1 aliphatic carbocycles. The van der Waals surface area contributed by atoms with Gasteiger partial charge in [-0.15, -0.1) is 0 Å². The molecule has 0 spiro atoms. The number of fused-ring (bicyclic) bond motifs is 2. The number of nitrogens with one attached hydrogen (secondary N) is 1. The Morgan fingerprint density at radius 3 is 3.00 bits per heavy atom. The van der Waals surface area contributed by atoms with Crippen molar-refractivity contribution in [3.8, 4) is 0 Å². The number of ether oxygens (including phenoxy) is 1. The highest BCUT2D eigenvalue weighted by molar-refractivity contribution is 5.83. The molecule has 4 rings (SSSR count). The standard InChI is InChI=1S/C17H22N2O2/c20-17(19-8-9-21-16-7-3-6-15(16)19)14-10-12-4-1-2-5-13(12)11-18-14/h1-2,4-5,14-16,18H,3,6-11H2/t14-,15?,16?/m1/s1. The molecule has 0 radical (unpaired) electrons. The molecule has 0 aromatic heterocycles. The Labute approximate surface area is 125 Å². The van der Waals surface area contributed by atoms with Gasteiger partial charge in [0, 0.05) is 13.1 Å². The number of carbonyl (C=O) groups excluding carboxylic acids is 1. The minimum absolute atomic E-state index is 0.0701. The van der Waals surface area contributed by atoms with Gasteiger partial charge in [-0.2, -0.15) is 0 Å². The predicted molar refractivity (Wildman–Crippen MR) is 79.9 cm³/mol. The summed E-state index contributed by atoms with van der Waals surface area (Å²) in [5.74, 6) is 0.268. The second kappa shape index (κ2) is 5.43. The number of hydrogen-bond donors (Lipinski definition) is 1. The third kappa shape index (κ3) is 2.36. The maximum atomic E-state index is 12.9. The van der Waals surface area contributed by atoms with Gasteiger partial charge < -0.3 is 15.0 Å². The van der Waals surface area contributed by atoms with Crippen LogP contribution in [-0.2, 0) is 22.5 Å². The summed E-state index contributed by atoms with van der Waals surface area (Å²) >= 11 is 0. The van der Waals surface area contributed by atoms with E-state index in [0.29, 0.717) is 12.6 Å². The molecule has 1 N–H and O–H groups in total. The first-order valence-corrected chi connectivity index (χ1v) is 8.05. The minimum Gasteiger partial charge on any atom is -0.374 e. The second-order valence-electron chi connectivity index (χ2n) is 6.35. The van der Waals surface area contributed by atoms with Crippen LogP contribution in [-0.4, -0.2) is 42.1 Å². The van der Waals surface area contributed by atoms with Gasteiger partial charge in [0.05, 0.1) is 24.8 Å². The van der Waals surface area contributed by atoms with Crippen molar-refractivity contribution in [3.63, 3.8) is 0 Å². The summed E-state index contributed by atoms with van der Waals surface area (Å²) in [5.41, 5.74) is 2.63. The van der Waals surface area contributed by atoms with Crippen LogP contribution >= 0.6 is 0 Å². The van der Waals surface area contributed by atoms with Crippen molar-refractivity contribution in [1.29, 1.82) is 0 Å². The van der Waals surface area contributed by atoms with Gasteiger partial charge in [0.25, 0.3) is 0 Å². The van der Waals surface area contributed by atoms with E-state index in [1.807, 2.05) is 0 Å². The molecule has 112 valence electrons. The van der Waals surface area contributed by atoms with Crippen molar-refractivity contribution in [2.75, 3.05) is 13.2 Å². The Bertz CT molecular complexity index is 545. The van der Waals surface area contributed by atoms with Crippen LogP contribution < -0.4 is 5.32 Å². The summed E-state index contributed by atoms with van der Waals surface area (Å²) in [6.45, 7) is 2.24. The topological polar surface area (TPSA) is 41.6 Å². The minimum atomic E-state index is -0.0701. The number of morpholine rings is 1. The monoisotopic (exact) mass is 286 g/mol.